The third-order valence-corrected chi connectivity index (χ3v) is 4.92. The third-order valence-electron chi connectivity index (χ3n) is 4.92. The van der Waals surface area contributed by atoms with E-state index in [2.05, 4.69) is 5.32 Å². The monoisotopic (exact) mass is 416 g/mol. The van der Waals surface area contributed by atoms with Crippen LogP contribution in [-0.4, -0.2) is 11.8 Å². The van der Waals surface area contributed by atoms with E-state index in [9.17, 15) is 18.8 Å². The summed E-state index contributed by atoms with van der Waals surface area (Å²) in [7, 11) is 0. The SMILES string of the molecule is Cc1c(-c2ccccc2)oc2c(C(=O)Nc3ccc(F)cc3C(N)=O)cccc2c1=O. The number of amides is 2. The molecule has 4 aromatic rings. The number of hydrogen-bond donors (Lipinski definition) is 2. The van der Waals surface area contributed by atoms with Crippen LogP contribution in [0.25, 0.3) is 22.3 Å². The van der Waals surface area contributed by atoms with Gasteiger partial charge in [-0.1, -0.05) is 36.4 Å². The van der Waals surface area contributed by atoms with E-state index in [1.807, 2.05) is 18.2 Å². The van der Waals surface area contributed by atoms with Gasteiger partial charge in [0.2, 0.25) is 0 Å². The Kier molecular flexibility index (Phi) is 5.09. The van der Waals surface area contributed by atoms with E-state index in [4.69, 9.17) is 10.2 Å². The largest absolute Gasteiger partial charge is 0.455 e. The van der Waals surface area contributed by atoms with Crippen LogP contribution in [0.2, 0.25) is 0 Å². The van der Waals surface area contributed by atoms with Crippen LogP contribution in [-0.2, 0) is 0 Å². The van der Waals surface area contributed by atoms with Gasteiger partial charge in [-0.2, -0.15) is 0 Å². The van der Waals surface area contributed by atoms with Gasteiger partial charge in [-0.15, -0.1) is 0 Å². The summed E-state index contributed by atoms with van der Waals surface area (Å²) in [5.74, 6) is -1.82. The van der Waals surface area contributed by atoms with Gasteiger partial charge in [0.1, 0.15) is 11.6 Å². The molecule has 1 heterocycles. The molecule has 31 heavy (non-hydrogen) atoms. The molecule has 0 aliphatic rings. The maximum absolute atomic E-state index is 13.5. The first kappa shape index (κ1) is 20.0. The number of halogens is 1. The minimum atomic E-state index is -0.888. The molecule has 0 fully saturated rings. The van der Waals surface area contributed by atoms with Crippen molar-refractivity contribution in [1.29, 1.82) is 0 Å². The molecule has 0 atom stereocenters. The molecule has 0 saturated heterocycles. The van der Waals surface area contributed by atoms with E-state index >= 15 is 0 Å². The fourth-order valence-electron chi connectivity index (χ4n) is 3.37. The van der Waals surface area contributed by atoms with E-state index < -0.39 is 17.6 Å². The van der Waals surface area contributed by atoms with Gasteiger partial charge in [0, 0.05) is 11.1 Å². The molecule has 0 aliphatic heterocycles. The highest BCUT2D eigenvalue weighted by atomic mass is 19.1. The average Bonchev–Trinajstić information content (AvgIpc) is 2.77. The van der Waals surface area contributed by atoms with Crippen molar-refractivity contribution in [2.45, 2.75) is 6.92 Å². The predicted molar refractivity (Wildman–Crippen MR) is 116 cm³/mol. The highest BCUT2D eigenvalue weighted by molar-refractivity contribution is 6.13. The van der Waals surface area contributed by atoms with E-state index in [0.29, 0.717) is 16.9 Å². The van der Waals surface area contributed by atoms with Gasteiger partial charge >= 0.3 is 0 Å². The van der Waals surface area contributed by atoms with Crippen molar-refractivity contribution in [3.05, 3.63) is 99.5 Å². The molecule has 0 unspecified atom stereocenters. The normalized spacial score (nSPS) is 10.8. The summed E-state index contributed by atoms with van der Waals surface area (Å²) in [6, 6.07) is 17.0. The molecular formula is C24H17FN2O4. The van der Waals surface area contributed by atoms with Gasteiger partial charge in [0.05, 0.1) is 22.2 Å². The third kappa shape index (κ3) is 3.69. The standard InChI is InChI=1S/C24H17FN2O4/c1-13-20(28)16-8-5-9-17(22(16)31-21(13)14-6-3-2-4-7-14)24(30)27-19-11-10-15(25)12-18(19)23(26)29/h2-12H,1H3,(H2,26,29)(H,27,30). The van der Waals surface area contributed by atoms with Gasteiger partial charge in [-0.05, 0) is 37.3 Å². The van der Waals surface area contributed by atoms with Crippen molar-refractivity contribution < 1.29 is 18.4 Å². The van der Waals surface area contributed by atoms with Crippen LogP contribution in [0.3, 0.4) is 0 Å². The van der Waals surface area contributed by atoms with Crippen LogP contribution >= 0.6 is 0 Å². The fraction of sp³-hybridized carbons (Fsp3) is 0.0417. The van der Waals surface area contributed by atoms with Gasteiger partial charge in [0.25, 0.3) is 11.8 Å². The number of hydrogen-bond acceptors (Lipinski definition) is 4. The number of rotatable bonds is 4. The molecule has 4 rings (SSSR count). The summed E-state index contributed by atoms with van der Waals surface area (Å²) < 4.78 is 19.5. The quantitative estimate of drug-likeness (QED) is 0.519. The Balaban J connectivity index is 1.85. The molecular weight excluding hydrogens is 399 g/mol. The zero-order chi connectivity index (χ0) is 22.1. The van der Waals surface area contributed by atoms with Gasteiger partial charge in [-0.25, -0.2) is 4.39 Å². The Morgan fingerprint density at radius 3 is 2.42 bits per heavy atom. The maximum atomic E-state index is 13.5. The van der Waals surface area contributed by atoms with Crippen molar-refractivity contribution in [3.63, 3.8) is 0 Å². The lowest BCUT2D eigenvalue weighted by molar-refractivity contribution is 0.100. The van der Waals surface area contributed by atoms with E-state index in [0.717, 1.165) is 12.1 Å². The van der Waals surface area contributed by atoms with Crippen molar-refractivity contribution in [1.82, 2.24) is 0 Å². The van der Waals surface area contributed by atoms with E-state index in [1.165, 1.54) is 12.1 Å². The number of fused-ring (bicyclic) bond motifs is 1. The highest BCUT2D eigenvalue weighted by Crippen LogP contribution is 2.28. The molecule has 3 N–H and O–H groups in total. The Bertz CT molecular complexity index is 1390. The van der Waals surface area contributed by atoms with Crippen LogP contribution < -0.4 is 16.5 Å². The number of primary amides is 1. The maximum Gasteiger partial charge on any atom is 0.259 e. The van der Waals surface area contributed by atoms with E-state index in [1.54, 1.807) is 31.2 Å². The van der Waals surface area contributed by atoms with Crippen LogP contribution in [0, 0.1) is 12.7 Å². The molecule has 0 radical (unpaired) electrons. The van der Waals surface area contributed by atoms with Crippen molar-refractivity contribution >= 4 is 28.5 Å². The second-order valence-electron chi connectivity index (χ2n) is 6.94. The number of carbonyl (C=O) groups is 2. The molecule has 1 aromatic heterocycles. The summed E-state index contributed by atoms with van der Waals surface area (Å²) in [6.07, 6.45) is 0. The minimum Gasteiger partial charge on any atom is -0.455 e. The Morgan fingerprint density at radius 2 is 1.71 bits per heavy atom. The Hall–Kier alpha value is -4.26. The number of anilines is 1. The summed E-state index contributed by atoms with van der Waals surface area (Å²) >= 11 is 0. The molecule has 0 aliphatic carbocycles. The van der Waals surface area contributed by atoms with Crippen LogP contribution in [0.15, 0.2) is 75.9 Å². The average molecular weight is 416 g/mol. The number of nitrogens with one attached hydrogen (secondary N) is 1. The summed E-state index contributed by atoms with van der Waals surface area (Å²) in [5, 5.41) is 2.80. The summed E-state index contributed by atoms with van der Waals surface area (Å²) in [5.41, 5.74) is 6.23. The van der Waals surface area contributed by atoms with Crippen molar-refractivity contribution in [2.24, 2.45) is 5.73 Å². The summed E-state index contributed by atoms with van der Waals surface area (Å²) in [6.45, 7) is 1.66. The lowest BCUT2D eigenvalue weighted by Gasteiger charge is -2.12. The fourth-order valence-corrected chi connectivity index (χ4v) is 3.37. The first-order valence-electron chi connectivity index (χ1n) is 9.39. The van der Waals surface area contributed by atoms with Gasteiger partial charge in [-0.3, -0.25) is 14.4 Å². The molecule has 0 bridgehead atoms. The molecule has 6 nitrogen and oxygen atoms in total. The van der Waals surface area contributed by atoms with Crippen LogP contribution in [0.5, 0.6) is 0 Å². The topological polar surface area (TPSA) is 102 Å². The highest BCUT2D eigenvalue weighted by Gasteiger charge is 2.20. The van der Waals surface area contributed by atoms with E-state index in [-0.39, 0.29) is 33.2 Å². The molecule has 7 heteroatoms. The predicted octanol–water partition coefficient (Wildman–Crippen LogP) is 4.26. The molecule has 0 saturated carbocycles. The lowest BCUT2D eigenvalue weighted by atomic mass is 10.0. The van der Waals surface area contributed by atoms with Crippen LogP contribution in [0.4, 0.5) is 10.1 Å². The first-order valence-corrected chi connectivity index (χ1v) is 9.39. The zero-order valence-electron chi connectivity index (χ0n) is 16.4. The van der Waals surface area contributed by atoms with Crippen molar-refractivity contribution in [2.75, 3.05) is 5.32 Å². The molecule has 3 aromatic carbocycles. The number of carbonyl (C=O) groups excluding carboxylic acids is 2. The summed E-state index contributed by atoms with van der Waals surface area (Å²) in [4.78, 5) is 37.6. The second-order valence-corrected chi connectivity index (χ2v) is 6.94. The van der Waals surface area contributed by atoms with Gasteiger partial charge < -0.3 is 15.5 Å². The molecule has 154 valence electrons. The second kappa shape index (κ2) is 7.87. The smallest absolute Gasteiger partial charge is 0.259 e. The first-order chi connectivity index (χ1) is 14.9. The van der Waals surface area contributed by atoms with Crippen molar-refractivity contribution in [3.8, 4) is 11.3 Å². The van der Waals surface area contributed by atoms with Gasteiger partial charge in [0.15, 0.2) is 11.0 Å². The number of benzene rings is 3. The Morgan fingerprint density at radius 1 is 0.968 bits per heavy atom. The number of nitrogens with two attached hydrogens (primary N) is 1. The molecule has 0 spiro atoms. The lowest BCUT2D eigenvalue weighted by Crippen LogP contribution is -2.19. The minimum absolute atomic E-state index is 0.0497. The molecule has 2 amide bonds. The van der Waals surface area contributed by atoms with Crippen LogP contribution in [0.1, 0.15) is 26.3 Å². The zero-order valence-corrected chi connectivity index (χ0v) is 16.4. The number of para-hydroxylation sites is 1. The Labute approximate surface area is 176 Å².